The predicted molar refractivity (Wildman–Crippen MR) is 111 cm³/mol. The molecule has 2 N–H and O–H groups in total. The molecule has 5 heteroatoms. The van der Waals surface area contributed by atoms with Gasteiger partial charge in [-0.2, -0.15) is 0 Å². The molecule has 0 radical (unpaired) electrons. The molecule has 0 saturated carbocycles. The van der Waals surface area contributed by atoms with Crippen LogP contribution in [0.3, 0.4) is 0 Å². The van der Waals surface area contributed by atoms with E-state index >= 15 is 0 Å². The fourth-order valence-electron chi connectivity index (χ4n) is 3.15. The molecule has 1 fully saturated rings. The number of guanidine groups is 1. The van der Waals surface area contributed by atoms with Crippen LogP contribution in [-0.2, 0) is 4.74 Å². The molecule has 1 heterocycles. The Kier molecular flexibility index (Phi) is 9.32. The third kappa shape index (κ3) is 6.87. The number of aliphatic imine (C=N–C) groups is 1. The number of nitrogens with one attached hydrogen (secondary N) is 2. The maximum absolute atomic E-state index is 5.60. The SMILES string of the molecule is CCCCOCCN=C(NCC)NC(C)c1cccc(N2CCCC2)c1. The summed E-state index contributed by atoms with van der Waals surface area (Å²) in [6.07, 6.45) is 4.89. The second kappa shape index (κ2) is 11.8. The van der Waals surface area contributed by atoms with E-state index in [1.54, 1.807) is 0 Å². The summed E-state index contributed by atoms with van der Waals surface area (Å²) in [7, 11) is 0. The second-order valence-electron chi connectivity index (χ2n) is 6.88. The number of hydrogen-bond acceptors (Lipinski definition) is 3. The summed E-state index contributed by atoms with van der Waals surface area (Å²) in [6, 6.07) is 9.08. The van der Waals surface area contributed by atoms with Crippen molar-refractivity contribution in [3.05, 3.63) is 29.8 Å². The van der Waals surface area contributed by atoms with Gasteiger partial charge in [-0.15, -0.1) is 0 Å². The Labute approximate surface area is 159 Å². The zero-order chi connectivity index (χ0) is 18.6. The third-order valence-electron chi connectivity index (χ3n) is 4.69. The lowest BCUT2D eigenvalue weighted by Crippen LogP contribution is -2.39. The van der Waals surface area contributed by atoms with Crippen molar-refractivity contribution >= 4 is 11.6 Å². The average molecular weight is 361 g/mol. The minimum absolute atomic E-state index is 0.205. The van der Waals surface area contributed by atoms with Gasteiger partial charge in [0.1, 0.15) is 0 Å². The monoisotopic (exact) mass is 360 g/mol. The van der Waals surface area contributed by atoms with Crippen LogP contribution in [0.4, 0.5) is 5.69 Å². The zero-order valence-electron chi connectivity index (χ0n) is 16.8. The summed E-state index contributed by atoms with van der Waals surface area (Å²) in [4.78, 5) is 7.11. The van der Waals surface area contributed by atoms with E-state index in [4.69, 9.17) is 4.74 Å². The van der Waals surface area contributed by atoms with E-state index in [1.807, 2.05) is 0 Å². The number of nitrogens with zero attached hydrogens (tertiary/aromatic N) is 2. The van der Waals surface area contributed by atoms with E-state index in [1.165, 1.54) is 43.6 Å². The van der Waals surface area contributed by atoms with E-state index in [0.717, 1.165) is 25.5 Å². The molecule has 2 rings (SSSR count). The van der Waals surface area contributed by atoms with Crippen LogP contribution in [0, 0.1) is 0 Å². The first-order valence-electron chi connectivity index (χ1n) is 10.2. The van der Waals surface area contributed by atoms with E-state index in [0.29, 0.717) is 13.2 Å². The van der Waals surface area contributed by atoms with E-state index in [2.05, 4.69) is 65.6 Å². The lowest BCUT2D eigenvalue weighted by atomic mass is 10.1. The van der Waals surface area contributed by atoms with Gasteiger partial charge in [-0.3, -0.25) is 4.99 Å². The van der Waals surface area contributed by atoms with Crippen LogP contribution in [0.15, 0.2) is 29.3 Å². The Morgan fingerprint density at radius 3 is 2.77 bits per heavy atom. The molecule has 0 spiro atoms. The second-order valence-corrected chi connectivity index (χ2v) is 6.88. The highest BCUT2D eigenvalue weighted by molar-refractivity contribution is 5.80. The number of ether oxygens (including phenoxy) is 1. The van der Waals surface area contributed by atoms with Crippen molar-refractivity contribution in [1.29, 1.82) is 0 Å². The molecule has 5 nitrogen and oxygen atoms in total. The van der Waals surface area contributed by atoms with Gasteiger partial charge in [0.15, 0.2) is 5.96 Å². The molecule has 1 atom stereocenters. The molecule has 26 heavy (non-hydrogen) atoms. The molecule has 146 valence electrons. The normalized spacial score (nSPS) is 16.0. The molecule has 0 amide bonds. The summed E-state index contributed by atoms with van der Waals surface area (Å²) in [5.41, 5.74) is 2.62. The fraction of sp³-hybridized carbons (Fsp3) is 0.667. The van der Waals surface area contributed by atoms with Gasteiger partial charge >= 0.3 is 0 Å². The molecule has 1 aromatic rings. The molecular weight excluding hydrogens is 324 g/mol. The lowest BCUT2D eigenvalue weighted by Gasteiger charge is -2.22. The largest absolute Gasteiger partial charge is 0.380 e. The van der Waals surface area contributed by atoms with Gasteiger partial charge in [0.2, 0.25) is 0 Å². The van der Waals surface area contributed by atoms with Crippen molar-refractivity contribution < 1.29 is 4.74 Å². The van der Waals surface area contributed by atoms with E-state index < -0.39 is 0 Å². The van der Waals surface area contributed by atoms with Crippen molar-refractivity contribution in [3.8, 4) is 0 Å². The summed E-state index contributed by atoms with van der Waals surface area (Å²) < 4.78 is 5.60. The van der Waals surface area contributed by atoms with Gasteiger partial charge < -0.3 is 20.3 Å². The smallest absolute Gasteiger partial charge is 0.191 e. The molecule has 1 aliphatic rings. The number of benzene rings is 1. The first kappa shape index (κ1) is 20.6. The van der Waals surface area contributed by atoms with Crippen LogP contribution < -0.4 is 15.5 Å². The van der Waals surface area contributed by atoms with Gasteiger partial charge in [-0.05, 0) is 50.8 Å². The summed E-state index contributed by atoms with van der Waals surface area (Å²) in [5, 5.41) is 6.85. The van der Waals surface area contributed by atoms with Gasteiger partial charge in [0.25, 0.3) is 0 Å². The van der Waals surface area contributed by atoms with Gasteiger partial charge in [0, 0.05) is 31.9 Å². The lowest BCUT2D eigenvalue weighted by molar-refractivity contribution is 0.139. The first-order chi connectivity index (χ1) is 12.7. The Bertz CT molecular complexity index is 541. The van der Waals surface area contributed by atoms with E-state index in [-0.39, 0.29) is 6.04 Å². The number of unbranched alkanes of at least 4 members (excludes halogenated alkanes) is 1. The third-order valence-corrected chi connectivity index (χ3v) is 4.69. The minimum Gasteiger partial charge on any atom is -0.380 e. The molecule has 1 aliphatic heterocycles. The van der Waals surface area contributed by atoms with Crippen LogP contribution in [-0.4, -0.2) is 45.4 Å². The van der Waals surface area contributed by atoms with Crippen molar-refractivity contribution in [3.63, 3.8) is 0 Å². The number of anilines is 1. The summed E-state index contributed by atoms with van der Waals surface area (Å²) >= 11 is 0. The van der Waals surface area contributed by atoms with Crippen molar-refractivity contribution in [2.24, 2.45) is 4.99 Å². The van der Waals surface area contributed by atoms with Gasteiger partial charge in [0.05, 0.1) is 19.2 Å². The van der Waals surface area contributed by atoms with Crippen LogP contribution in [0.2, 0.25) is 0 Å². The van der Waals surface area contributed by atoms with Gasteiger partial charge in [-0.1, -0.05) is 25.5 Å². The van der Waals surface area contributed by atoms with Crippen molar-refractivity contribution in [2.75, 3.05) is 44.3 Å². The maximum Gasteiger partial charge on any atom is 0.191 e. The maximum atomic E-state index is 5.60. The molecular formula is C21H36N4O. The highest BCUT2D eigenvalue weighted by Crippen LogP contribution is 2.23. The Balaban J connectivity index is 1.89. The van der Waals surface area contributed by atoms with Crippen LogP contribution >= 0.6 is 0 Å². The molecule has 1 aromatic carbocycles. The van der Waals surface area contributed by atoms with Crippen LogP contribution in [0.25, 0.3) is 0 Å². The standard InChI is InChI=1S/C21H36N4O/c1-4-6-15-26-16-12-23-21(22-5-2)24-18(3)19-10-9-11-20(17-19)25-13-7-8-14-25/h9-11,17-18H,4-8,12-16H2,1-3H3,(H2,22,23,24). The molecule has 1 unspecified atom stereocenters. The Morgan fingerprint density at radius 2 is 2.04 bits per heavy atom. The molecule has 0 aliphatic carbocycles. The first-order valence-corrected chi connectivity index (χ1v) is 10.2. The summed E-state index contributed by atoms with van der Waals surface area (Å²) in [5.74, 6) is 0.852. The Hall–Kier alpha value is -1.75. The summed E-state index contributed by atoms with van der Waals surface area (Å²) in [6.45, 7) is 11.8. The molecule has 0 bridgehead atoms. The van der Waals surface area contributed by atoms with Crippen LogP contribution in [0.5, 0.6) is 0 Å². The van der Waals surface area contributed by atoms with Crippen molar-refractivity contribution in [1.82, 2.24) is 10.6 Å². The molecule has 0 aromatic heterocycles. The predicted octanol–water partition coefficient (Wildman–Crippen LogP) is 3.72. The quantitative estimate of drug-likeness (QED) is 0.379. The minimum atomic E-state index is 0.205. The van der Waals surface area contributed by atoms with E-state index in [9.17, 15) is 0 Å². The molecule has 1 saturated heterocycles. The topological polar surface area (TPSA) is 48.9 Å². The number of hydrogen-bond donors (Lipinski definition) is 2. The van der Waals surface area contributed by atoms with Crippen molar-refractivity contribution in [2.45, 2.75) is 52.5 Å². The van der Waals surface area contributed by atoms with Gasteiger partial charge in [-0.25, -0.2) is 0 Å². The Morgan fingerprint density at radius 1 is 1.23 bits per heavy atom. The average Bonchev–Trinajstić information content (AvgIpc) is 3.19. The fourth-order valence-corrected chi connectivity index (χ4v) is 3.15. The number of rotatable bonds is 10. The highest BCUT2D eigenvalue weighted by Gasteiger charge is 2.14. The zero-order valence-corrected chi connectivity index (χ0v) is 16.8. The highest BCUT2D eigenvalue weighted by atomic mass is 16.5. The van der Waals surface area contributed by atoms with Crippen LogP contribution in [0.1, 0.15) is 58.1 Å².